The first-order valence-electron chi connectivity index (χ1n) is 10.0. The Kier molecular flexibility index (Phi) is 4.78. The van der Waals surface area contributed by atoms with Crippen LogP contribution in [0, 0.1) is 29.6 Å². The molecule has 1 heterocycles. The molecule has 3 aliphatic carbocycles. The van der Waals surface area contributed by atoms with E-state index in [9.17, 15) is 9.50 Å². The molecule has 0 bridgehead atoms. The second kappa shape index (κ2) is 7.01. The van der Waals surface area contributed by atoms with Crippen LogP contribution in [0.2, 0.25) is 0 Å². The number of pyridine rings is 1. The molecular formula is C21H30FNO. The standard InChI is InChI=1S/C21H30FNO/c22-21-20(24)12-11-19(23-21)18-9-7-17(8-10-18)16-5-3-15(4-6-16)13-14-1-2-14/h11-12,14-18,24H,1-10,13H2. The molecule has 0 atom stereocenters. The summed E-state index contributed by atoms with van der Waals surface area (Å²) in [5, 5.41) is 9.30. The molecule has 0 unspecified atom stereocenters. The maximum Gasteiger partial charge on any atom is 0.255 e. The van der Waals surface area contributed by atoms with Crippen molar-refractivity contribution in [2.24, 2.45) is 23.7 Å². The van der Waals surface area contributed by atoms with E-state index in [-0.39, 0.29) is 5.75 Å². The molecule has 3 saturated carbocycles. The van der Waals surface area contributed by atoms with E-state index in [0.717, 1.165) is 42.2 Å². The van der Waals surface area contributed by atoms with Gasteiger partial charge in [-0.25, -0.2) is 4.98 Å². The molecule has 2 nitrogen and oxygen atoms in total. The van der Waals surface area contributed by atoms with E-state index in [2.05, 4.69) is 4.98 Å². The predicted octanol–water partition coefficient (Wildman–Crippen LogP) is 5.81. The minimum atomic E-state index is -0.719. The lowest BCUT2D eigenvalue weighted by molar-refractivity contribution is 0.154. The molecule has 0 aliphatic heterocycles. The third-order valence-corrected chi connectivity index (χ3v) is 6.96. The minimum absolute atomic E-state index is 0.338. The molecule has 24 heavy (non-hydrogen) atoms. The molecule has 0 amide bonds. The van der Waals surface area contributed by atoms with Crippen molar-refractivity contribution in [2.75, 3.05) is 0 Å². The van der Waals surface area contributed by atoms with Crippen LogP contribution in [-0.2, 0) is 0 Å². The van der Waals surface area contributed by atoms with Crippen molar-refractivity contribution in [1.29, 1.82) is 0 Å². The lowest BCUT2D eigenvalue weighted by Crippen LogP contribution is -2.25. The van der Waals surface area contributed by atoms with E-state index < -0.39 is 5.95 Å². The number of rotatable bonds is 4. The van der Waals surface area contributed by atoms with Crippen molar-refractivity contribution >= 4 is 0 Å². The molecule has 0 saturated heterocycles. The molecule has 1 N–H and O–H groups in total. The zero-order valence-electron chi connectivity index (χ0n) is 14.6. The Morgan fingerprint density at radius 3 is 1.92 bits per heavy atom. The van der Waals surface area contributed by atoms with Crippen LogP contribution >= 0.6 is 0 Å². The Hall–Kier alpha value is -1.12. The van der Waals surface area contributed by atoms with E-state index in [1.54, 1.807) is 6.07 Å². The van der Waals surface area contributed by atoms with Gasteiger partial charge < -0.3 is 5.11 Å². The predicted molar refractivity (Wildman–Crippen MR) is 93.3 cm³/mol. The van der Waals surface area contributed by atoms with Crippen LogP contribution in [0.4, 0.5) is 4.39 Å². The smallest absolute Gasteiger partial charge is 0.255 e. The lowest BCUT2D eigenvalue weighted by atomic mass is 9.68. The normalized spacial score (nSPS) is 34.2. The van der Waals surface area contributed by atoms with Crippen molar-refractivity contribution < 1.29 is 9.50 Å². The van der Waals surface area contributed by atoms with Gasteiger partial charge in [0.2, 0.25) is 0 Å². The summed E-state index contributed by atoms with van der Waals surface area (Å²) in [6.45, 7) is 0. The van der Waals surface area contributed by atoms with Crippen LogP contribution in [0.3, 0.4) is 0 Å². The Morgan fingerprint density at radius 1 is 0.833 bits per heavy atom. The van der Waals surface area contributed by atoms with E-state index in [1.165, 1.54) is 63.9 Å². The van der Waals surface area contributed by atoms with Gasteiger partial charge in [0.25, 0.3) is 5.95 Å². The molecule has 1 aromatic heterocycles. The van der Waals surface area contributed by atoms with Crippen molar-refractivity contribution in [2.45, 2.75) is 76.5 Å². The van der Waals surface area contributed by atoms with Gasteiger partial charge in [0, 0.05) is 11.6 Å². The van der Waals surface area contributed by atoms with Crippen LogP contribution in [-0.4, -0.2) is 10.1 Å². The van der Waals surface area contributed by atoms with Gasteiger partial charge in [-0.15, -0.1) is 0 Å². The number of hydrogen-bond acceptors (Lipinski definition) is 2. The third-order valence-electron chi connectivity index (χ3n) is 6.96. The summed E-state index contributed by atoms with van der Waals surface area (Å²) < 4.78 is 13.5. The van der Waals surface area contributed by atoms with Crippen LogP contribution < -0.4 is 0 Å². The zero-order valence-corrected chi connectivity index (χ0v) is 14.6. The molecule has 3 heteroatoms. The summed E-state index contributed by atoms with van der Waals surface area (Å²) in [6, 6.07) is 3.25. The van der Waals surface area contributed by atoms with Crippen LogP contribution in [0.15, 0.2) is 12.1 Å². The summed E-state index contributed by atoms with van der Waals surface area (Å²) in [7, 11) is 0. The summed E-state index contributed by atoms with van der Waals surface area (Å²) in [5.41, 5.74) is 0.830. The zero-order chi connectivity index (χ0) is 16.5. The molecule has 132 valence electrons. The number of nitrogens with zero attached hydrogens (tertiary/aromatic N) is 1. The molecule has 1 aromatic rings. The van der Waals surface area contributed by atoms with Crippen molar-refractivity contribution in [3.05, 3.63) is 23.8 Å². The van der Waals surface area contributed by atoms with Gasteiger partial charge in [0.05, 0.1) is 0 Å². The van der Waals surface area contributed by atoms with Gasteiger partial charge in [0.1, 0.15) is 0 Å². The number of aromatic hydroxyl groups is 1. The van der Waals surface area contributed by atoms with Gasteiger partial charge in [-0.1, -0.05) is 25.7 Å². The molecule has 0 aromatic carbocycles. The summed E-state index contributed by atoms with van der Waals surface area (Å²) >= 11 is 0. The average molecular weight is 331 g/mol. The Labute approximate surface area is 144 Å². The molecular weight excluding hydrogens is 301 g/mol. The van der Waals surface area contributed by atoms with E-state index in [1.807, 2.05) is 0 Å². The van der Waals surface area contributed by atoms with Gasteiger partial charge in [-0.3, -0.25) is 0 Å². The first kappa shape index (κ1) is 16.4. The van der Waals surface area contributed by atoms with Crippen LogP contribution in [0.1, 0.15) is 82.2 Å². The lowest BCUT2D eigenvalue weighted by Gasteiger charge is -2.38. The quantitative estimate of drug-likeness (QED) is 0.707. The Morgan fingerprint density at radius 2 is 1.38 bits per heavy atom. The van der Waals surface area contributed by atoms with Crippen molar-refractivity contribution in [3.8, 4) is 5.75 Å². The Bertz CT molecular complexity index is 555. The summed E-state index contributed by atoms with van der Waals surface area (Å²) in [6.07, 6.45) is 15.1. The van der Waals surface area contributed by atoms with E-state index in [0.29, 0.717) is 5.92 Å². The molecule has 4 rings (SSSR count). The first-order valence-corrected chi connectivity index (χ1v) is 10.0. The van der Waals surface area contributed by atoms with Crippen LogP contribution in [0.5, 0.6) is 5.75 Å². The maximum atomic E-state index is 13.5. The summed E-state index contributed by atoms with van der Waals surface area (Å²) in [4.78, 5) is 3.96. The monoisotopic (exact) mass is 331 g/mol. The Balaban J connectivity index is 1.26. The second-order valence-corrected chi connectivity index (χ2v) is 8.62. The van der Waals surface area contributed by atoms with Gasteiger partial charge in [-0.05, 0) is 80.8 Å². The molecule has 3 aliphatic rings. The first-order chi connectivity index (χ1) is 11.7. The fraction of sp³-hybridized carbons (Fsp3) is 0.762. The van der Waals surface area contributed by atoms with E-state index >= 15 is 0 Å². The fourth-order valence-electron chi connectivity index (χ4n) is 5.28. The van der Waals surface area contributed by atoms with Gasteiger partial charge in [-0.2, -0.15) is 4.39 Å². The fourth-order valence-corrected chi connectivity index (χ4v) is 5.28. The molecule has 0 radical (unpaired) electrons. The minimum Gasteiger partial charge on any atom is -0.504 e. The van der Waals surface area contributed by atoms with E-state index in [4.69, 9.17) is 0 Å². The van der Waals surface area contributed by atoms with Crippen molar-refractivity contribution in [1.82, 2.24) is 4.98 Å². The highest BCUT2D eigenvalue weighted by Crippen LogP contribution is 2.46. The highest BCUT2D eigenvalue weighted by molar-refractivity contribution is 5.22. The number of halogens is 1. The number of aromatic nitrogens is 1. The topological polar surface area (TPSA) is 33.1 Å². The second-order valence-electron chi connectivity index (χ2n) is 8.62. The molecule has 0 spiro atoms. The number of hydrogen-bond donors (Lipinski definition) is 1. The highest BCUT2D eigenvalue weighted by atomic mass is 19.1. The largest absolute Gasteiger partial charge is 0.504 e. The maximum absolute atomic E-state index is 13.5. The molecule has 3 fully saturated rings. The van der Waals surface area contributed by atoms with Gasteiger partial charge in [0.15, 0.2) is 5.75 Å². The summed E-state index contributed by atoms with van der Waals surface area (Å²) in [5.74, 6) is 3.24. The van der Waals surface area contributed by atoms with Crippen molar-refractivity contribution in [3.63, 3.8) is 0 Å². The van der Waals surface area contributed by atoms with Gasteiger partial charge >= 0.3 is 0 Å². The average Bonchev–Trinajstić information content (AvgIpc) is 3.42. The third kappa shape index (κ3) is 3.75. The highest BCUT2D eigenvalue weighted by Gasteiger charge is 2.33. The van der Waals surface area contributed by atoms with Crippen LogP contribution in [0.25, 0.3) is 0 Å². The SMILES string of the molecule is Oc1ccc(C2CCC(C3CCC(CC4CC4)CC3)CC2)nc1F.